The Bertz CT molecular complexity index is 1020. The van der Waals surface area contributed by atoms with Gasteiger partial charge in [0.25, 0.3) is 0 Å². The maximum absolute atomic E-state index is 13.8. The smallest absolute Gasteiger partial charge is 0.464 e. The number of rotatable bonds is 14. The molecule has 0 spiro atoms. The molecule has 38 heavy (non-hydrogen) atoms. The van der Waals surface area contributed by atoms with Crippen LogP contribution < -0.4 is 5.73 Å². The normalized spacial score (nSPS) is 14.9. The van der Waals surface area contributed by atoms with Crippen LogP contribution in [-0.4, -0.2) is 59.9 Å². The van der Waals surface area contributed by atoms with E-state index in [1.54, 1.807) is 42.5 Å². The summed E-state index contributed by atoms with van der Waals surface area (Å²) < 4.78 is 51.8. The van der Waals surface area contributed by atoms with Gasteiger partial charge in [0.2, 0.25) is 0 Å². The Balaban J connectivity index is 2.44. The Morgan fingerprint density at radius 1 is 1.03 bits per heavy atom. The van der Waals surface area contributed by atoms with Gasteiger partial charge in [-0.05, 0) is 62.8 Å². The zero-order chi connectivity index (χ0) is 28.1. The summed E-state index contributed by atoms with van der Waals surface area (Å²) in [5.74, 6) is -4.71. The minimum Gasteiger partial charge on any atom is -0.464 e. The van der Waals surface area contributed by atoms with E-state index in [1.807, 2.05) is 0 Å². The van der Waals surface area contributed by atoms with Crippen LogP contribution in [0.2, 0.25) is 0 Å². The van der Waals surface area contributed by atoms with Gasteiger partial charge in [-0.25, -0.2) is 9.59 Å². The summed E-state index contributed by atoms with van der Waals surface area (Å²) >= 11 is 0. The molecular formula is C27H33F3N2O6. The summed E-state index contributed by atoms with van der Waals surface area (Å²) in [6, 6.07) is 5.04. The molecule has 1 unspecified atom stereocenters. The van der Waals surface area contributed by atoms with Gasteiger partial charge in [0.15, 0.2) is 5.78 Å². The number of allylic oxidation sites excluding steroid dienone is 4. The number of benzene rings is 1. The number of alkyl halides is 3. The number of halogens is 3. The van der Waals surface area contributed by atoms with Crippen molar-refractivity contribution in [1.82, 2.24) is 4.90 Å². The van der Waals surface area contributed by atoms with Crippen LogP contribution in [0.4, 0.5) is 13.2 Å². The number of nitrogens with two attached hydrogens (primary N) is 1. The average Bonchev–Trinajstić information content (AvgIpc) is 2.88. The number of carbonyl (C=O) groups excluding carboxylic acids is 4. The van der Waals surface area contributed by atoms with E-state index in [0.29, 0.717) is 17.6 Å². The van der Waals surface area contributed by atoms with Crippen molar-refractivity contribution >= 4 is 23.6 Å². The molecule has 1 amide bonds. The Kier molecular flexibility index (Phi) is 12.2. The van der Waals surface area contributed by atoms with Gasteiger partial charge in [0.1, 0.15) is 18.7 Å². The van der Waals surface area contributed by atoms with Gasteiger partial charge in [0, 0.05) is 6.42 Å². The molecule has 0 saturated heterocycles. The van der Waals surface area contributed by atoms with Crippen LogP contribution in [0.1, 0.15) is 51.0 Å². The largest absolute Gasteiger partial charge is 0.471 e. The first-order valence-electron chi connectivity index (χ1n) is 12.4. The Morgan fingerprint density at radius 3 is 2.29 bits per heavy atom. The molecule has 1 aliphatic rings. The van der Waals surface area contributed by atoms with Crippen LogP contribution >= 0.6 is 0 Å². The molecule has 0 aliphatic heterocycles. The third kappa shape index (κ3) is 9.44. The average molecular weight is 539 g/mol. The molecule has 2 atom stereocenters. The van der Waals surface area contributed by atoms with Gasteiger partial charge >= 0.3 is 24.0 Å². The first-order valence-corrected chi connectivity index (χ1v) is 12.4. The van der Waals surface area contributed by atoms with Crippen molar-refractivity contribution in [1.29, 1.82) is 0 Å². The lowest BCUT2D eigenvalue weighted by Gasteiger charge is -2.36. The zero-order valence-corrected chi connectivity index (χ0v) is 21.2. The van der Waals surface area contributed by atoms with Crippen molar-refractivity contribution in [3.63, 3.8) is 0 Å². The van der Waals surface area contributed by atoms with Gasteiger partial charge in [-0.2, -0.15) is 13.2 Å². The molecule has 0 fully saturated rings. The molecule has 2 N–H and O–H groups in total. The number of nitrogens with zero attached hydrogens (tertiary/aromatic N) is 1. The number of esters is 2. The zero-order valence-electron chi connectivity index (χ0n) is 21.2. The third-order valence-corrected chi connectivity index (χ3v) is 5.84. The highest BCUT2D eigenvalue weighted by Gasteiger charge is 2.50. The summed E-state index contributed by atoms with van der Waals surface area (Å²) in [5.41, 5.74) is 6.61. The number of unbranched alkanes of at least 4 members (excludes halogenated alkanes) is 1. The number of ether oxygens (including phenoxy) is 2. The maximum Gasteiger partial charge on any atom is 0.471 e. The van der Waals surface area contributed by atoms with E-state index in [9.17, 15) is 32.3 Å². The molecule has 2 rings (SSSR count). The molecule has 1 aromatic rings. The second-order valence-electron chi connectivity index (χ2n) is 8.70. The Hall–Kier alpha value is -3.47. The van der Waals surface area contributed by atoms with Gasteiger partial charge in [-0.15, -0.1) is 0 Å². The predicted octanol–water partition coefficient (Wildman–Crippen LogP) is 3.79. The van der Waals surface area contributed by atoms with Crippen molar-refractivity contribution in [2.24, 2.45) is 5.73 Å². The van der Waals surface area contributed by atoms with E-state index in [4.69, 9.17) is 15.2 Å². The summed E-state index contributed by atoms with van der Waals surface area (Å²) in [4.78, 5) is 50.9. The molecule has 0 bridgehead atoms. The summed E-state index contributed by atoms with van der Waals surface area (Å²) in [6.45, 7) is 1.31. The second kappa shape index (κ2) is 15.1. The molecule has 0 radical (unpaired) electrons. The van der Waals surface area contributed by atoms with Crippen molar-refractivity contribution in [2.75, 3.05) is 13.2 Å². The van der Waals surface area contributed by atoms with Crippen molar-refractivity contribution in [3.8, 4) is 0 Å². The Morgan fingerprint density at radius 2 is 1.68 bits per heavy atom. The van der Waals surface area contributed by atoms with Crippen LogP contribution in [0, 0.1) is 0 Å². The van der Waals surface area contributed by atoms with Crippen LogP contribution in [-0.2, 0) is 35.3 Å². The summed E-state index contributed by atoms with van der Waals surface area (Å²) in [7, 11) is 0. The number of amides is 1. The SMILES string of the molecule is CCOC(=O)C(CCC1=CC(=O)CC=C1)N(C(=O)C(F)(F)F)[C@@H](CCCCN)C(=O)OCc1ccccc1. The van der Waals surface area contributed by atoms with E-state index in [2.05, 4.69) is 0 Å². The van der Waals surface area contributed by atoms with E-state index < -0.39 is 36.1 Å². The molecule has 208 valence electrons. The second-order valence-corrected chi connectivity index (χ2v) is 8.70. The lowest BCUT2D eigenvalue weighted by molar-refractivity contribution is -0.196. The number of hydrogen-bond donors (Lipinski definition) is 1. The number of hydrogen-bond acceptors (Lipinski definition) is 7. The highest BCUT2D eigenvalue weighted by atomic mass is 19.4. The van der Waals surface area contributed by atoms with Crippen molar-refractivity contribution in [2.45, 2.75) is 70.3 Å². The lowest BCUT2D eigenvalue weighted by atomic mass is 9.97. The maximum atomic E-state index is 13.8. The van der Waals surface area contributed by atoms with E-state index in [1.165, 1.54) is 13.0 Å². The standard InChI is InChI=1S/C27H33F3N2O6/c1-2-37-24(34)23(15-14-19-11-8-12-21(33)17-19)32(26(36)27(28,29)30)22(13-6-7-16-31)25(35)38-18-20-9-4-3-5-10-20/h3-5,8-11,17,22-23H,2,6-7,12-16,18,31H2,1H3/t22-,23?/m0/s1. The minimum atomic E-state index is -5.38. The van der Waals surface area contributed by atoms with Gasteiger partial charge in [0.05, 0.1) is 6.61 Å². The molecule has 1 aliphatic carbocycles. The first kappa shape index (κ1) is 30.8. The predicted molar refractivity (Wildman–Crippen MR) is 132 cm³/mol. The van der Waals surface area contributed by atoms with Gasteiger partial charge in [-0.1, -0.05) is 42.5 Å². The van der Waals surface area contributed by atoms with Crippen LogP contribution in [0.25, 0.3) is 0 Å². The fourth-order valence-electron chi connectivity index (χ4n) is 4.03. The van der Waals surface area contributed by atoms with Gasteiger partial charge < -0.3 is 20.1 Å². The van der Waals surface area contributed by atoms with Crippen LogP contribution in [0.5, 0.6) is 0 Å². The van der Waals surface area contributed by atoms with E-state index in [-0.39, 0.29) is 62.5 Å². The molecule has 1 aromatic carbocycles. The molecule has 0 saturated carbocycles. The Labute approximate surface area is 219 Å². The van der Waals surface area contributed by atoms with Crippen LogP contribution in [0.15, 0.2) is 54.1 Å². The topological polar surface area (TPSA) is 116 Å². The molecule has 11 heteroatoms. The number of carbonyl (C=O) groups is 4. The fraction of sp³-hybridized carbons (Fsp3) is 0.481. The van der Waals surface area contributed by atoms with E-state index in [0.717, 1.165) is 0 Å². The molecule has 0 aromatic heterocycles. The van der Waals surface area contributed by atoms with Crippen molar-refractivity contribution in [3.05, 3.63) is 59.7 Å². The minimum absolute atomic E-state index is 0.00193. The van der Waals surface area contributed by atoms with Gasteiger partial charge in [-0.3, -0.25) is 9.59 Å². The highest BCUT2D eigenvalue weighted by Crippen LogP contribution is 2.28. The summed E-state index contributed by atoms with van der Waals surface area (Å²) in [6.07, 6.45) is -0.531. The lowest BCUT2D eigenvalue weighted by Crippen LogP contribution is -2.58. The monoisotopic (exact) mass is 538 g/mol. The fourth-order valence-corrected chi connectivity index (χ4v) is 4.03. The van der Waals surface area contributed by atoms with Crippen molar-refractivity contribution < 1.29 is 41.8 Å². The summed E-state index contributed by atoms with van der Waals surface area (Å²) in [5, 5.41) is 0. The molecule has 0 heterocycles. The molecule has 8 nitrogen and oxygen atoms in total. The quantitative estimate of drug-likeness (QED) is 0.283. The number of ketones is 1. The van der Waals surface area contributed by atoms with E-state index >= 15 is 0 Å². The third-order valence-electron chi connectivity index (χ3n) is 5.84. The molecular weight excluding hydrogens is 505 g/mol. The first-order chi connectivity index (χ1) is 18.1. The van der Waals surface area contributed by atoms with Crippen LogP contribution in [0.3, 0.4) is 0 Å². The highest BCUT2D eigenvalue weighted by molar-refractivity contribution is 5.93.